The predicted octanol–water partition coefficient (Wildman–Crippen LogP) is 8.54. The van der Waals surface area contributed by atoms with Gasteiger partial charge in [0.1, 0.15) is 12.4 Å². The van der Waals surface area contributed by atoms with E-state index in [1.807, 2.05) is 0 Å². The van der Waals surface area contributed by atoms with Gasteiger partial charge >= 0.3 is 0 Å². The third kappa shape index (κ3) is 15.7. The Bertz CT molecular complexity index is 449. The van der Waals surface area contributed by atoms with E-state index in [0.717, 1.165) is 5.92 Å². The van der Waals surface area contributed by atoms with Crippen LogP contribution in [0.3, 0.4) is 0 Å². The van der Waals surface area contributed by atoms with Crippen LogP contribution in [0.5, 0.6) is 0 Å². The molecule has 1 aromatic rings. The molecular weight excluding hydrogens is 352 g/mol. The van der Waals surface area contributed by atoms with Crippen molar-refractivity contribution in [2.45, 2.75) is 149 Å². The van der Waals surface area contributed by atoms with E-state index in [2.05, 4.69) is 42.7 Å². The summed E-state index contributed by atoms with van der Waals surface area (Å²) in [4.78, 5) is 3.48. The summed E-state index contributed by atoms with van der Waals surface area (Å²) >= 11 is 0. The second-order valence-corrected chi connectivity index (χ2v) is 9.69. The highest BCUT2D eigenvalue weighted by Crippen LogP contribution is 2.13. The number of hydrogen-bond donors (Lipinski definition) is 1. The van der Waals surface area contributed by atoms with Gasteiger partial charge in [-0.05, 0) is 25.2 Å². The minimum Gasteiger partial charge on any atom is -0.248 e. The lowest BCUT2D eigenvalue weighted by atomic mass is 10.0. The second-order valence-electron chi connectivity index (χ2n) is 9.69. The molecule has 1 heterocycles. The van der Waals surface area contributed by atoms with Gasteiger partial charge in [-0.3, -0.25) is 0 Å². The fourth-order valence-electron chi connectivity index (χ4n) is 4.32. The first kappa shape index (κ1) is 26.2. The summed E-state index contributed by atoms with van der Waals surface area (Å²) in [6, 6.07) is 0. The molecule has 2 nitrogen and oxygen atoms in total. The number of aromatic nitrogens is 2. The topological polar surface area (TPSA) is 19.7 Å². The van der Waals surface area contributed by atoms with Gasteiger partial charge in [0, 0.05) is 6.42 Å². The minimum absolute atomic E-state index is 0.869. The van der Waals surface area contributed by atoms with Gasteiger partial charge in [-0.1, -0.05) is 117 Å². The van der Waals surface area contributed by atoms with Crippen LogP contribution in [0.25, 0.3) is 0 Å². The lowest BCUT2D eigenvalue weighted by Crippen LogP contribution is -2.36. The van der Waals surface area contributed by atoms with Crippen LogP contribution in [-0.4, -0.2) is 4.98 Å². The van der Waals surface area contributed by atoms with Crippen molar-refractivity contribution < 1.29 is 4.57 Å². The van der Waals surface area contributed by atoms with Gasteiger partial charge < -0.3 is 0 Å². The monoisotopic (exact) mass is 405 g/mol. The molecule has 0 aliphatic heterocycles. The highest BCUT2D eigenvalue weighted by molar-refractivity contribution is 4.77. The van der Waals surface area contributed by atoms with Gasteiger partial charge in [0.15, 0.2) is 0 Å². The number of nitrogens with one attached hydrogen (secondary N) is 1. The number of hydrogen-bond acceptors (Lipinski definition) is 0. The van der Waals surface area contributed by atoms with E-state index in [4.69, 9.17) is 0 Å². The molecule has 0 radical (unpaired) electrons. The van der Waals surface area contributed by atoms with E-state index in [9.17, 15) is 0 Å². The van der Waals surface area contributed by atoms with Crippen LogP contribution in [0.15, 0.2) is 12.4 Å². The average Bonchev–Trinajstić information content (AvgIpc) is 3.15. The Morgan fingerprint density at radius 3 is 1.79 bits per heavy atom. The van der Waals surface area contributed by atoms with Gasteiger partial charge in [-0.25, -0.2) is 9.55 Å². The summed E-state index contributed by atoms with van der Waals surface area (Å²) < 4.78 is 2.47. The molecule has 29 heavy (non-hydrogen) atoms. The van der Waals surface area contributed by atoms with Gasteiger partial charge in [0.25, 0.3) is 5.82 Å². The molecule has 0 saturated carbocycles. The van der Waals surface area contributed by atoms with Crippen LogP contribution < -0.4 is 4.57 Å². The summed E-state index contributed by atoms with van der Waals surface area (Å²) in [7, 11) is 0. The molecule has 0 amide bonds. The number of aryl methyl sites for hydroxylation is 2. The van der Waals surface area contributed by atoms with Crippen molar-refractivity contribution in [3.8, 4) is 0 Å². The zero-order valence-corrected chi connectivity index (χ0v) is 20.3. The largest absolute Gasteiger partial charge is 0.254 e. The third-order valence-corrected chi connectivity index (χ3v) is 6.30. The Kier molecular flexibility index (Phi) is 17.4. The van der Waals surface area contributed by atoms with Gasteiger partial charge in [-0.2, -0.15) is 0 Å². The number of rotatable bonds is 21. The number of unbranched alkanes of at least 4 members (excludes halogenated alkanes) is 15. The molecule has 1 aromatic heterocycles. The number of aromatic amines is 1. The SMILES string of the molecule is CCCCCCCCCCCCCC[n+]1cc[nH]c1CCCCCCCC(C)C. The Morgan fingerprint density at radius 2 is 1.21 bits per heavy atom. The van der Waals surface area contributed by atoms with Crippen molar-refractivity contribution in [3.05, 3.63) is 18.2 Å². The fraction of sp³-hybridized carbons (Fsp3) is 0.889. The molecule has 170 valence electrons. The van der Waals surface area contributed by atoms with Crippen molar-refractivity contribution in [1.82, 2.24) is 4.98 Å². The molecule has 0 saturated heterocycles. The molecule has 0 fully saturated rings. The van der Waals surface area contributed by atoms with E-state index in [1.165, 1.54) is 134 Å². The van der Waals surface area contributed by atoms with E-state index in [-0.39, 0.29) is 0 Å². The van der Waals surface area contributed by atoms with Crippen molar-refractivity contribution in [2.24, 2.45) is 5.92 Å². The maximum atomic E-state index is 3.48. The number of imidazole rings is 1. The molecule has 1 N–H and O–H groups in total. The average molecular weight is 406 g/mol. The molecular formula is C27H53N2+. The van der Waals surface area contributed by atoms with E-state index >= 15 is 0 Å². The Morgan fingerprint density at radius 1 is 0.690 bits per heavy atom. The summed E-state index contributed by atoms with van der Waals surface area (Å²) in [6.07, 6.45) is 31.1. The molecule has 0 atom stereocenters. The van der Waals surface area contributed by atoms with Crippen molar-refractivity contribution >= 4 is 0 Å². The van der Waals surface area contributed by atoms with Crippen molar-refractivity contribution in [2.75, 3.05) is 0 Å². The molecule has 0 bridgehead atoms. The smallest absolute Gasteiger partial charge is 0.248 e. The van der Waals surface area contributed by atoms with Crippen LogP contribution in [0.1, 0.15) is 142 Å². The highest BCUT2D eigenvalue weighted by Gasteiger charge is 2.09. The normalized spacial score (nSPS) is 11.6. The summed E-state index contributed by atoms with van der Waals surface area (Å²) in [6.45, 7) is 8.16. The first-order chi connectivity index (χ1) is 14.2. The van der Waals surface area contributed by atoms with Gasteiger partial charge in [0.05, 0.1) is 6.54 Å². The Balaban J connectivity index is 1.93. The first-order valence-corrected chi connectivity index (χ1v) is 13.3. The fourth-order valence-corrected chi connectivity index (χ4v) is 4.32. The number of H-pyrrole nitrogens is 1. The van der Waals surface area contributed by atoms with Crippen LogP contribution in [0.2, 0.25) is 0 Å². The molecule has 1 rings (SSSR count). The van der Waals surface area contributed by atoms with E-state index in [1.54, 1.807) is 0 Å². The zero-order valence-electron chi connectivity index (χ0n) is 20.3. The minimum atomic E-state index is 0.869. The predicted molar refractivity (Wildman–Crippen MR) is 128 cm³/mol. The second kappa shape index (κ2) is 19.2. The van der Waals surface area contributed by atoms with Crippen LogP contribution in [-0.2, 0) is 13.0 Å². The quantitative estimate of drug-likeness (QED) is 0.156. The standard InChI is InChI=1S/C27H52N2/c1-4-5-6-7-8-9-10-11-12-13-17-20-24-29-25-23-28-27(29)22-19-16-14-15-18-21-26(2)3/h23,25-26H,4-22,24H2,1-3H3/p+1. The maximum absolute atomic E-state index is 3.48. The lowest BCUT2D eigenvalue weighted by molar-refractivity contribution is -0.703. The highest BCUT2D eigenvalue weighted by atomic mass is 15.1. The van der Waals surface area contributed by atoms with E-state index in [0.29, 0.717) is 0 Å². The maximum Gasteiger partial charge on any atom is 0.254 e. The summed E-state index contributed by atoms with van der Waals surface area (Å²) in [5, 5.41) is 0. The molecule has 0 aromatic carbocycles. The third-order valence-electron chi connectivity index (χ3n) is 6.30. The Hall–Kier alpha value is -0.790. The van der Waals surface area contributed by atoms with E-state index < -0.39 is 0 Å². The summed E-state index contributed by atoms with van der Waals surface area (Å²) in [5.74, 6) is 2.31. The van der Waals surface area contributed by atoms with Gasteiger partial charge in [-0.15, -0.1) is 0 Å². The summed E-state index contributed by atoms with van der Waals surface area (Å²) in [5.41, 5.74) is 0. The molecule has 0 spiro atoms. The molecule has 0 aliphatic carbocycles. The van der Waals surface area contributed by atoms with Gasteiger partial charge in [0.2, 0.25) is 0 Å². The van der Waals surface area contributed by atoms with Crippen LogP contribution >= 0.6 is 0 Å². The van der Waals surface area contributed by atoms with Crippen LogP contribution in [0.4, 0.5) is 0 Å². The number of nitrogens with zero attached hydrogens (tertiary/aromatic N) is 1. The lowest BCUT2D eigenvalue weighted by Gasteiger charge is -2.05. The Labute approximate surface area is 183 Å². The van der Waals surface area contributed by atoms with Crippen LogP contribution in [0, 0.1) is 5.92 Å². The van der Waals surface area contributed by atoms with Crippen molar-refractivity contribution in [1.29, 1.82) is 0 Å². The molecule has 0 unspecified atom stereocenters. The molecule has 0 aliphatic rings. The first-order valence-electron chi connectivity index (χ1n) is 13.3. The molecule has 2 heteroatoms. The zero-order chi connectivity index (χ0) is 21.0. The van der Waals surface area contributed by atoms with Crippen molar-refractivity contribution in [3.63, 3.8) is 0 Å².